The van der Waals surface area contributed by atoms with E-state index in [1.54, 1.807) is 30.3 Å². The summed E-state index contributed by atoms with van der Waals surface area (Å²) in [5.74, 6) is -1.36. The van der Waals surface area contributed by atoms with Crippen molar-refractivity contribution < 1.29 is 23.3 Å². The van der Waals surface area contributed by atoms with Crippen molar-refractivity contribution in [2.24, 2.45) is 0 Å². The monoisotopic (exact) mass is 457 g/mol. The van der Waals surface area contributed by atoms with Gasteiger partial charge in [-0.1, -0.05) is 41.0 Å². The van der Waals surface area contributed by atoms with Crippen molar-refractivity contribution >= 4 is 35.1 Å². The number of rotatable bonds is 7. The van der Waals surface area contributed by atoms with Crippen LogP contribution >= 0.6 is 11.6 Å². The molecule has 2 aromatic carbocycles. The minimum absolute atomic E-state index is 0.00829. The summed E-state index contributed by atoms with van der Waals surface area (Å²) < 4.78 is 19.0. The zero-order chi connectivity index (χ0) is 22.7. The first-order valence-corrected chi connectivity index (χ1v) is 10.0. The van der Waals surface area contributed by atoms with Gasteiger partial charge in [0.25, 0.3) is 5.91 Å². The number of hydrogen-bond donors (Lipinski definition) is 2. The van der Waals surface area contributed by atoms with Crippen LogP contribution in [0.5, 0.6) is 0 Å². The largest absolute Gasteiger partial charge is 0.347 e. The summed E-state index contributed by atoms with van der Waals surface area (Å²) in [6.45, 7) is -0.0843. The van der Waals surface area contributed by atoms with E-state index in [0.29, 0.717) is 5.69 Å². The second-order valence-electron chi connectivity index (χ2n) is 6.94. The van der Waals surface area contributed by atoms with Crippen LogP contribution < -0.4 is 15.5 Å². The second-order valence-corrected chi connectivity index (χ2v) is 7.34. The maximum Gasteiger partial charge on any atom is 0.329 e. The lowest BCUT2D eigenvalue weighted by atomic mass is 10.1. The van der Waals surface area contributed by atoms with Crippen molar-refractivity contribution in [3.05, 3.63) is 65.3 Å². The Kier molecular flexibility index (Phi) is 6.13. The number of nitrogens with zero attached hydrogens (tertiary/aromatic N) is 3. The predicted octanol–water partition coefficient (Wildman–Crippen LogP) is 3.05. The van der Waals surface area contributed by atoms with Crippen LogP contribution in [0.1, 0.15) is 18.7 Å². The maximum atomic E-state index is 14.0. The Hall–Kier alpha value is -3.79. The van der Waals surface area contributed by atoms with Gasteiger partial charge in [-0.25, -0.2) is 14.1 Å². The summed E-state index contributed by atoms with van der Waals surface area (Å²) in [6, 6.07) is 11.4. The zero-order valence-electron chi connectivity index (χ0n) is 16.5. The van der Waals surface area contributed by atoms with Gasteiger partial charge in [0.2, 0.25) is 17.6 Å². The van der Waals surface area contributed by atoms with Gasteiger partial charge in [-0.3, -0.25) is 9.59 Å². The number of anilines is 1. The predicted molar refractivity (Wildman–Crippen MR) is 112 cm³/mol. The molecule has 1 aromatic heterocycles. The van der Waals surface area contributed by atoms with E-state index >= 15 is 0 Å². The van der Waals surface area contributed by atoms with Crippen LogP contribution in [0.2, 0.25) is 5.02 Å². The number of aromatic nitrogens is 2. The number of urea groups is 1. The molecule has 1 aliphatic rings. The lowest BCUT2D eigenvalue weighted by Gasteiger charge is -2.12. The van der Waals surface area contributed by atoms with Crippen molar-refractivity contribution in [3.8, 4) is 11.4 Å². The lowest BCUT2D eigenvalue weighted by Crippen LogP contribution is -2.32. The molecule has 164 valence electrons. The molecule has 0 unspecified atom stereocenters. The van der Waals surface area contributed by atoms with E-state index in [-0.39, 0.29) is 47.6 Å². The first-order valence-electron chi connectivity index (χ1n) is 9.67. The topological polar surface area (TPSA) is 117 Å². The van der Waals surface area contributed by atoms with Crippen LogP contribution in [-0.2, 0) is 16.1 Å². The zero-order valence-corrected chi connectivity index (χ0v) is 17.3. The third-order valence-corrected chi connectivity index (χ3v) is 5.10. The summed E-state index contributed by atoms with van der Waals surface area (Å²) in [5.41, 5.74) is 0.470. The van der Waals surface area contributed by atoms with Crippen LogP contribution in [0.15, 0.2) is 53.1 Å². The van der Waals surface area contributed by atoms with Crippen LogP contribution in [0.4, 0.5) is 14.9 Å². The average molecular weight is 458 g/mol. The van der Waals surface area contributed by atoms with E-state index in [0.717, 1.165) is 4.90 Å². The molecule has 9 nitrogen and oxygen atoms in total. The number of hydrogen-bond acceptors (Lipinski definition) is 6. The number of carbonyl (C=O) groups excluding carboxylic acids is 3. The first-order chi connectivity index (χ1) is 15.4. The highest BCUT2D eigenvalue weighted by Gasteiger charge is 2.38. The summed E-state index contributed by atoms with van der Waals surface area (Å²) in [7, 11) is 0. The van der Waals surface area contributed by atoms with E-state index in [1.807, 2.05) is 0 Å². The highest BCUT2D eigenvalue weighted by atomic mass is 35.5. The van der Waals surface area contributed by atoms with E-state index in [9.17, 15) is 18.8 Å². The number of para-hydroxylation sites is 1. The SMILES string of the molecule is O=C(CC[C@H]1NC(=O)N(c2ccccc2)C1=O)NCc1nc(-c2c(F)cccc2Cl)no1. The molecular formula is C21H17ClFN5O4. The maximum absolute atomic E-state index is 14.0. The van der Waals surface area contributed by atoms with Crippen molar-refractivity contribution in [1.29, 1.82) is 0 Å². The molecule has 2 N–H and O–H groups in total. The molecule has 3 aromatic rings. The van der Waals surface area contributed by atoms with Crippen LogP contribution in [0.25, 0.3) is 11.4 Å². The number of carbonyl (C=O) groups is 3. The van der Waals surface area contributed by atoms with Gasteiger partial charge in [0.1, 0.15) is 11.9 Å². The Morgan fingerprint density at radius 2 is 1.97 bits per heavy atom. The Morgan fingerprint density at radius 1 is 1.19 bits per heavy atom. The van der Waals surface area contributed by atoms with Crippen LogP contribution in [-0.4, -0.2) is 34.0 Å². The Balaban J connectivity index is 1.30. The van der Waals surface area contributed by atoms with Gasteiger partial charge in [-0.15, -0.1) is 0 Å². The quantitative estimate of drug-likeness (QED) is 0.526. The minimum Gasteiger partial charge on any atom is -0.347 e. The van der Waals surface area contributed by atoms with Gasteiger partial charge < -0.3 is 15.2 Å². The Bertz CT molecular complexity index is 1150. The minimum atomic E-state index is -0.799. The van der Waals surface area contributed by atoms with Crippen molar-refractivity contribution in [2.75, 3.05) is 4.90 Å². The second kappa shape index (κ2) is 9.15. The number of benzene rings is 2. The van der Waals surface area contributed by atoms with Gasteiger partial charge >= 0.3 is 6.03 Å². The highest BCUT2D eigenvalue weighted by Crippen LogP contribution is 2.28. The molecule has 1 aliphatic heterocycles. The summed E-state index contributed by atoms with van der Waals surface area (Å²) in [5, 5.41) is 8.99. The third kappa shape index (κ3) is 4.45. The van der Waals surface area contributed by atoms with Gasteiger partial charge in [0.05, 0.1) is 22.8 Å². The first kappa shape index (κ1) is 21.4. The number of amides is 4. The standard InChI is InChI=1S/C21H17ClFN5O4/c22-13-7-4-8-14(23)18(13)19-26-17(32-27-19)11-24-16(29)10-9-15-20(30)28(21(31)25-15)12-5-2-1-3-6-12/h1-8,15H,9-11H2,(H,24,29)(H,25,31)/t15-/m1/s1. The number of nitrogens with one attached hydrogen (secondary N) is 2. The highest BCUT2D eigenvalue weighted by molar-refractivity contribution is 6.33. The fraction of sp³-hybridized carbons (Fsp3) is 0.190. The molecule has 0 radical (unpaired) electrons. The van der Waals surface area contributed by atoms with Crippen molar-refractivity contribution in [1.82, 2.24) is 20.8 Å². The molecule has 2 heterocycles. The fourth-order valence-electron chi connectivity index (χ4n) is 3.23. The Labute approximate surface area is 186 Å². The fourth-order valence-corrected chi connectivity index (χ4v) is 3.47. The number of halogens is 2. The average Bonchev–Trinajstić information content (AvgIpc) is 3.35. The Morgan fingerprint density at radius 3 is 2.72 bits per heavy atom. The summed E-state index contributed by atoms with van der Waals surface area (Å²) >= 11 is 5.98. The van der Waals surface area contributed by atoms with E-state index in [4.69, 9.17) is 16.1 Å². The molecular weight excluding hydrogens is 441 g/mol. The summed E-state index contributed by atoms with van der Waals surface area (Å²) in [4.78, 5) is 42.0. The smallest absolute Gasteiger partial charge is 0.329 e. The van der Waals surface area contributed by atoms with Gasteiger partial charge in [-0.2, -0.15) is 4.98 Å². The molecule has 1 atom stereocenters. The van der Waals surface area contributed by atoms with Crippen molar-refractivity contribution in [3.63, 3.8) is 0 Å². The normalized spacial score (nSPS) is 15.7. The third-order valence-electron chi connectivity index (χ3n) is 4.78. The van der Waals surface area contributed by atoms with E-state index in [2.05, 4.69) is 20.8 Å². The van der Waals surface area contributed by atoms with Gasteiger partial charge in [0, 0.05) is 6.42 Å². The molecule has 0 spiro atoms. The molecule has 1 fully saturated rings. The molecule has 32 heavy (non-hydrogen) atoms. The number of imide groups is 1. The molecule has 4 amide bonds. The van der Waals surface area contributed by atoms with E-state index < -0.39 is 23.8 Å². The van der Waals surface area contributed by atoms with Crippen molar-refractivity contribution in [2.45, 2.75) is 25.4 Å². The van der Waals surface area contributed by atoms with Crippen LogP contribution in [0, 0.1) is 5.82 Å². The molecule has 4 rings (SSSR count). The van der Waals surface area contributed by atoms with Gasteiger partial charge in [-0.05, 0) is 30.7 Å². The molecule has 1 saturated heterocycles. The lowest BCUT2D eigenvalue weighted by molar-refractivity contribution is -0.122. The molecule has 11 heteroatoms. The van der Waals surface area contributed by atoms with E-state index in [1.165, 1.54) is 18.2 Å². The molecule has 0 bridgehead atoms. The summed E-state index contributed by atoms with van der Waals surface area (Å²) in [6.07, 6.45) is 0.110. The molecule has 0 aliphatic carbocycles. The van der Waals surface area contributed by atoms with Gasteiger partial charge in [0.15, 0.2) is 0 Å². The molecule has 0 saturated carbocycles. The van der Waals surface area contributed by atoms with Crippen LogP contribution in [0.3, 0.4) is 0 Å².